The predicted octanol–water partition coefficient (Wildman–Crippen LogP) is 1.18. The molecule has 11 heavy (non-hydrogen) atoms. The standard InChI is InChI=1S/C8H14O3/c1-3-5-7(9)6(4-2)8(10)11/h4,7,9H,3,5H2,1-2H3,(H,10,11)/b6-4+. The third-order valence-corrected chi connectivity index (χ3v) is 1.48. The quantitative estimate of drug-likeness (QED) is 0.604. The van der Waals surface area contributed by atoms with Gasteiger partial charge in [-0.1, -0.05) is 19.4 Å². The lowest BCUT2D eigenvalue weighted by Crippen LogP contribution is -2.17. The normalized spacial score (nSPS) is 14.6. The highest BCUT2D eigenvalue weighted by atomic mass is 16.4. The highest BCUT2D eigenvalue weighted by Crippen LogP contribution is 2.08. The summed E-state index contributed by atoms with van der Waals surface area (Å²) in [6.07, 6.45) is 1.91. The first kappa shape index (κ1) is 10.2. The Balaban J connectivity index is 4.16. The molecular weight excluding hydrogens is 144 g/mol. The van der Waals surface area contributed by atoms with Crippen molar-refractivity contribution in [3.63, 3.8) is 0 Å². The summed E-state index contributed by atoms with van der Waals surface area (Å²) < 4.78 is 0. The molecule has 0 amide bonds. The summed E-state index contributed by atoms with van der Waals surface area (Å²) in [5.74, 6) is -1.03. The van der Waals surface area contributed by atoms with E-state index in [1.54, 1.807) is 6.92 Å². The number of rotatable bonds is 4. The van der Waals surface area contributed by atoms with Crippen molar-refractivity contribution >= 4 is 5.97 Å². The fourth-order valence-electron chi connectivity index (χ4n) is 0.887. The number of carboxylic acids is 1. The van der Waals surface area contributed by atoms with Crippen molar-refractivity contribution < 1.29 is 15.0 Å². The van der Waals surface area contributed by atoms with E-state index in [4.69, 9.17) is 5.11 Å². The number of aliphatic carboxylic acids is 1. The van der Waals surface area contributed by atoms with Gasteiger partial charge in [0.25, 0.3) is 0 Å². The van der Waals surface area contributed by atoms with Gasteiger partial charge in [-0.3, -0.25) is 0 Å². The number of aliphatic hydroxyl groups excluding tert-OH is 1. The van der Waals surface area contributed by atoms with E-state index in [1.807, 2.05) is 6.92 Å². The average molecular weight is 158 g/mol. The van der Waals surface area contributed by atoms with Crippen LogP contribution in [-0.4, -0.2) is 22.3 Å². The average Bonchev–Trinajstić information content (AvgIpc) is 1.88. The largest absolute Gasteiger partial charge is 0.478 e. The molecule has 64 valence electrons. The maximum Gasteiger partial charge on any atom is 0.333 e. The topological polar surface area (TPSA) is 57.5 Å². The highest BCUT2D eigenvalue weighted by molar-refractivity contribution is 5.87. The molecule has 0 bridgehead atoms. The van der Waals surface area contributed by atoms with Gasteiger partial charge in [0.1, 0.15) is 0 Å². The van der Waals surface area contributed by atoms with Crippen LogP contribution in [0.3, 0.4) is 0 Å². The molecule has 0 rings (SSSR count). The van der Waals surface area contributed by atoms with Crippen molar-refractivity contribution in [1.29, 1.82) is 0 Å². The van der Waals surface area contributed by atoms with Gasteiger partial charge >= 0.3 is 5.97 Å². The molecular formula is C8H14O3. The number of allylic oxidation sites excluding steroid dienone is 1. The number of hydrogen-bond donors (Lipinski definition) is 2. The van der Waals surface area contributed by atoms with Crippen molar-refractivity contribution in [3.8, 4) is 0 Å². The van der Waals surface area contributed by atoms with E-state index in [9.17, 15) is 9.90 Å². The molecule has 3 nitrogen and oxygen atoms in total. The van der Waals surface area contributed by atoms with Gasteiger partial charge in [0, 0.05) is 0 Å². The molecule has 0 spiro atoms. The Hall–Kier alpha value is -0.830. The molecule has 1 atom stereocenters. The van der Waals surface area contributed by atoms with Gasteiger partial charge in [0.05, 0.1) is 11.7 Å². The summed E-state index contributed by atoms with van der Waals surface area (Å²) in [6, 6.07) is 0. The second-order valence-electron chi connectivity index (χ2n) is 2.35. The molecule has 0 radical (unpaired) electrons. The Morgan fingerprint density at radius 1 is 1.64 bits per heavy atom. The first-order chi connectivity index (χ1) is 5.13. The van der Waals surface area contributed by atoms with Gasteiger partial charge in [-0.05, 0) is 13.3 Å². The van der Waals surface area contributed by atoms with Crippen molar-refractivity contribution in [2.75, 3.05) is 0 Å². The summed E-state index contributed by atoms with van der Waals surface area (Å²) >= 11 is 0. The lowest BCUT2D eigenvalue weighted by atomic mass is 10.1. The Kier molecular flexibility index (Phi) is 4.54. The van der Waals surface area contributed by atoms with Crippen LogP contribution in [0.2, 0.25) is 0 Å². The zero-order valence-electron chi connectivity index (χ0n) is 6.87. The minimum Gasteiger partial charge on any atom is -0.478 e. The monoisotopic (exact) mass is 158 g/mol. The fraction of sp³-hybridized carbons (Fsp3) is 0.625. The molecule has 0 aliphatic heterocycles. The summed E-state index contributed by atoms with van der Waals surface area (Å²) in [7, 11) is 0. The lowest BCUT2D eigenvalue weighted by molar-refractivity contribution is -0.133. The smallest absolute Gasteiger partial charge is 0.333 e. The van der Waals surface area contributed by atoms with Crippen molar-refractivity contribution in [1.82, 2.24) is 0 Å². The minimum atomic E-state index is -1.03. The van der Waals surface area contributed by atoms with Crippen LogP contribution < -0.4 is 0 Å². The Morgan fingerprint density at radius 3 is 2.45 bits per heavy atom. The second kappa shape index (κ2) is 4.91. The van der Waals surface area contributed by atoms with E-state index in [2.05, 4.69) is 0 Å². The molecule has 0 saturated heterocycles. The van der Waals surface area contributed by atoms with Crippen LogP contribution in [0.15, 0.2) is 11.6 Å². The first-order valence-electron chi connectivity index (χ1n) is 3.71. The van der Waals surface area contributed by atoms with Crippen LogP contribution in [0.4, 0.5) is 0 Å². The summed E-state index contributed by atoms with van der Waals surface area (Å²) in [5.41, 5.74) is 0.0897. The number of carbonyl (C=O) groups is 1. The van der Waals surface area contributed by atoms with Crippen molar-refractivity contribution in [3.05, 3.63) is 11.6 Å². The van der Waals surface area contributed by atoms with Crippen molar-refractivity contribution in [2.45, 2.75) is 32.8 Å². The van der Waals surface area contributed by atoms with E-state index in [-0.39, 0.29) is 5.57 Å². The molecule has 0 saturated carbocycles. The Labute approximate surface area is 66.4 Å². The lowest BCUT2D eigenvalue weighted by Gasteiger charge is -2.08. The molecule has 0 aromatic heterocycles. The molecule has 2 N–H and O–H groups in total. The van der Waals surface area contributed by atoms with Crippen LogP contribution in [0.1, 0.15) is 26.7 Å². The Bertz CT molecular complexity index is 161. The molecule has 0 fully saturated rings. The van der Waals surface area contributed by atoms with E-state index >= 15 is 0 Å². The van der Waals surface area contributed by atoms with Gasteiger partial charge < -0.3 is 10.2 Å². The molecule has 0 aromatic carbocycles. The molecule has 0 heterocycles. The van der Waals surface area contributed by atoms with Crippen LogP contribution in [-0.2, 0) is 4.79 Å². The number of aliphatic hydroxyl groups is 1. The maximum atomic E-state index is 10.4. The highest BCUT2D eigenvalue weighted by Gasteiger charge is 2.15. The first-order valence-corrected chi connectivity index (χ1v) is 3.71. The van der Waals surface area contributed by atoms with Crippen LogP contribution in [0.5, 0.6) is 0 Å². The summed E-state index contributed by atoms with van der Waals surface area (Å²) in [4.78, 5) is 10.4. The fourth-order valence-corrected chi connectivity index (χ4v) is 0.887. The van der Waals surface area contributed by atoms with Crippen LogP contribution in [0, 0.1) is 0 Å². The molecule has 3 heteroatoms. The zero-order chi connectivity index (χ0) is 8.85. The van der Waals surface area contributed by atoms with Gasteiger partial charge in [-0.2, -0.15) is 0 Å². The maximum absolute atomic E-state index is 10.4. The number of hydrogen-bond acceptors (Lipinski definition) is 2. The van der Waals surface area contributed by atoms with E-state index in [0.29, 0.717) is 6.42 Å². The molecule has 1 unspecified atom stereocenters. The third kappa shape index (κ3) is 3.18. The third-order valence-electron chi connectivity index (χ3n) is 1.48. The van der Waals surface area contributed by atoms with E-state index in [0.717, 1.165) is 6.42 Å². The van der Waals surface area contributed by atoms with Gasteiger partial charge in [0.15, 0.2) is 0 Å². The zero-order valence-corrected chi connectivity index (χ0v) is 6.87. The molecule has 0 aliphatic carbocycles. The van der Waals surface area contributed by atoms with Gasteiger partial charge in [-0.25, -0.2) is 4.79 Å². The summed E-state index contributed by atoms with van der Waals surface area (Å²) in [5, 5.41) is 17.8. The second-order valence-corrected chi connectivity index (χ2v) is 2.35. The minimum absolute atomic E-state index is 0.0897. The predicted molar refractivity (Wildman–Crippen MR) is 42.3 cm³/mol. The SMILES string of the molecule is C/C=C(/C(=O)O)C(O)CCC. The van der Waals surface area contributed by atoms with Crippen LogP contribution >= 0.6 is 0 Å². The van der Waals surface area contributed by atoms with Crippen molar-refractivity contribution in [2.24, 2.45) is 0 Å². The van der Waals surface area contributed by atoms with Gasteiger partial charge in [-0.15, -0.1) is 0 Å². The molecule has 0 aliphatic rings. The molecule has 0 aromatic rings. The number of carboxylic acid groups (broad SMARTS) is 1. The van der Waals surface area contributed by atoms with Crippen LogP contribution in [0.25, 0.3) is 0 Å². The summed E-state index contributed by atoms with van der Waals surface area (Å²) in [6.45, 7) is 3.51. The van der Waals surface area contributed by atoms with Gasteiger partial charge in [0.2, 0.25) is 0 Å². The van der Waals surface area contributed by atoms with E-state index in [1.165, 1.54) is 6.08 Å². The van der Waals surface area contributed by atoms with E-state index < -0.39 is 12.1 Å². The Morgan fingerprint density at radius 2 is 2.18 bits per heavy atom.